The molecular formula is C15H12N2O3. The summed E-state index contributed by atoms with van der Waals surface area (Å²) in [6.45, 7) is 1.42. The number of aromatic nitrogens is 1. The second-order valence-electron chi connectivity index (χ2n) is 4.65. The zero-order chi connectivity index (χ0) is 14.4. The molecular weight excluding hydrogens is 256 g/mol. The standard InChI is InChI=1S/C15H12N2O3/c1-8(18)9-6-12(19)14-13(15(16)20)10-4-2-3-5-11(10)17(14)7-9/h2-7,19H,1H3,(H2,16,20). The average Bonchev–Trinajstić information content (AvgIpc) is 2.74. The van der Waals surface area contributed by atoms with Gasteiger partial charge in [-0.3, -0.25) is 9.59 Å². The lowest BCUT2D eigenvalue weighted by Gasteiger charge is -2.04. The van der Waals surface area contributed by atoms with Gasteiger partial charge in [-0.15, -0.1) is 0 Å². The third-order valence-electron chi connectivity index (χ3n) is 3.37. The van der Waals surface area contributed by atoms with Crippen molar-refractivity contribution >= 4 is 28.1 Å². The van der Waals surface area contributed by atoms with E-state index in [-0.39, 0.29) is 17.1 Å². The molecule has 0 saturated heterocycles. The molecule has 0 unspecified atom stereocenters. The summed E-state index contributed by atoms with van der Waals surface area (Å²) in [4.78, 5) is 23.2. The van der Waals surface area contributed by atoms with Crippen LogP contribution in [0, 0.1) is 0 Å². The monoisotopic (exact) mass is 268 g/mol. The maximum Gasteiger partial charge on any atom is 0.251 e. The van der Waals surface area contributed by atoms with Crippen LogP contribution < -0.4 is 5.73 Å². The Morgan fingerprint density at radius 2 is 1.95 bits per heavy atom. The largest absolute Gasteiger partial charge is 0.506 e. The van der Waals surface area contributed by atoms with Gasteiger partial charge in [0.2, 0.25) is 0 Å². The Kier molecular flexibility index (Phi) is 2.50. The summed E-state index contributed by atoms with van der Waals surface area (Å²) in [5.41, 5.74) is 7.09. The summed E-state index contributed by atoms with van der Waals surface area (Å²) < 4.78 is 1.63. The minimum Gasteiger partial charge on any atom is -0.506 e. The zero-order valence-electron chi connectivity index (χ0n) is 10.8. The quantitative estimate of drug-likeness (QED) is 0.698. The van der Waals surface area contributed by atoms with Crippen LogP contribution in [0.15, 0.2) is 36.5 Å². The first-order valence-corrected chi connectivity index (χ1v) is 6.07. The number of hydrogen-bond donors (Lipinski definition) is 2. The van der Waals surface area contributed by atoms with Crippen molar-refractivity contribution in [2.75, 3.05) is 0 Å². The lowest BCUT2D eigenvalue weighted by Crippen LogP contribution is -2.11. The highest BCUT2D eigenvalue weighted by Gasteiger charge is 2.19. The molecule has 20 heavy (non-hydrogen) atoms. The van der Waals surface area contributed by atoms with Gasteiger partial charge in [-0.1, -0.05) is 18.2 Å². The van der Waals surface area contributed by atoms with Gasteiger partial charge in [0.05, 0.1) is 11.1 Å². The molecule has 0 spiro atoms. The molecule has 0 bridgehead atoms. The molecule has 0 aliphatic heterocycles. The van der Waals surface area contributed by atoms with E-state index in [1.807, 2.05) is 6.07 Å². The molecule has 2 aromatic heterocycles. The summed E-state index contributed by atoms with van der Waals surface area (Å²) in [6.07, 6.45) is 1.60. The first kappa shape index (κ1) is 12.2. The van der Waals surface area contributed by atoms with Gasteiger partial charge in [0.1, 0.15) is 11.3 Å². The van der Waals surface area contributed by atoms with Gasteiger partial charge in [-0.25, -0.2) is 0 Å². The third kappa shape index (κ3) is 1.56. The molecule has 0 aliphatic rings. The fourth-order valence-corrected chi connectivity index (χ4v) is 2.48. The third-order valence-corrected chi connectivity index (χ3v) is 3.37. The second-order valence-corrected chi connectivity index (χ2v) is 4.65. The van der Waals surface area contributed by atoms with Crippen LogP contribution in [0.5, 0.6) is 5.75 Å². The topological polar surface area (TPSA) is 84.8 Å². The molecule has 3 N–H and O–H groups in total. The van der Waals surface area contributed by atoms with Crippen LogP contribution in [0.25, 0.3) is 16.4 Å². The number of ketones is 1. The van der Waals surface area contributed by atoms with Crippen molar-refractivity contribution in [2.24, 2.45) is 5.73 Å². The van der Waals surface area contributed by atoms with Crippen molar-refractivity contribution in [1.82, 2.24) is 4.40 Å². The SMILES string of the molecule is CC(=O)c1cc(O)c2c(C(N)=O)c3ccccc3n2c1. The molecule has 0 radical (unpaired) electrons. The maximum absolute atomic E-state index is 11.7. The van der Waals surface area contributed by atoms with E-state index in [0.717, 1.165) is 5.52 Å². The number of carbonyl (C=O) groups is 2. The predicted molar refractivity (Wildman–Crippen MR) is 75.1 cm³/mol. The van der Waals surface area contributed by atoms with E-state index in [4.69, 9.17) is 5.73 Å². The van der Waals surface area contributed by atoms with E-state index >= 15 is 0 Å². The van der Waals surface area contributed by atoms with Gasteiger partial charge >= 0.3 is 0 Å². The molecule has 0 atom stereocenters. The van der Waals surface area contributed by atoms with E-state index in [0.29, 0.717) is 16.5 Å². The molecule has 2 heterocycles. The number of carbonyl (C=O) groups excluding carboxylic acids is 2. The number of nitrogens with two attached hydrogens (primary N) is 1. The number of aromatic hydroxyl groups is 1. The second kappa shape index (κ2) is 4.09. The number of para-hydroxylation sites is 1. The van der Waals surface area contributed by atoms with Crippen molar-refractivity contribution in [3.05, 3.63) is 47.7 Å². The fourth-order valence-electron chi connectivity index (χ4n) is 2.48. The number of amides is 1. The van der Waals surface area contributed by atoms with Crippen molar-refractivity contribution in [3.8, 4) is 5.75 Å². The summed E-state index contributed by atoms with van der Waals surface area (Å²) in [6, 6.07) is 8.52. The van der Waals surface area contributed by atoms with Crippen molar-refractivity contribution in [3.63, 3.8) is 0 Å². The lowest BCUT2D eigenvalue weighted by molar-refractivity contribution is 0.0999. The Morgan fingerprint density at radius 3 is 2.60 bits per heavy atom. The number of rotatable bonds is 2. The number of primary amides is 1. The molecule has 0 aliphatic carbocycles. The van der Waals surface area contributed by atoms with Crippen LogP contribution >= 0.6 is 0 Å². The van der Waals surface area contributed by atoms with E-state index in [2.05, 4.69) is 0 Å². The maximum atomic E-state index is 11.7. The molecule has 0 fully saturated rings. The number of pyridine rings is 1. The van der Waals surface area contributed by atoms with Crippen LogP contribution in [0.3, 0.4) is 0 Å². The Labute approximate surface area is 114 Å². The van der Waals surface area contributed by atoms with Crippen LogP contribution in [-0.2, 0) is 0 Å². The number of hydrogen-bond acceptors (Lipinski definition) is 3. The molecule has 5 nitrogen and oxygen atoms in total. The summed E-state index contributed by atoms with van der Waals surface area (Å²) >= 11 is 0. The summed E-state index contributed by atoms with van der Waals surface area (Å²) in [5, 5.41) is 10.8. The van der Waals surface area contributed by atoms with Crippen LogP contribution in [0.4, 0.5) is 0 Å². The van der Waals surface area contributed by atoms with Crippen molar-refractivity contribution in [2.45, 2.75) is 6.92 Å². The molecule has 0 saturated carbocycles. The highest BCUT2D eigenvalue weighted by atomic mass is 16.3. The minimum atomic E-state index is -0.616. The molecule has 3 aromatic rings. The van der Waals surface area contributed by atoms with Crippen LogP contribution in [-0.4, -0.2) is 21.2 Å². The number of Topliss-reactive ketones (excluding diaryl/α,β-unsaturated/α-hetero) is 1. The number of fused-ring (bicyclic) bond motifs is 3. The smallest absolute Gasteiger partial charge is 0.251 e. The first-order valence-electron chi connectivity index (χ1n) is 6.07. The Hall–Kier alpha value is -2.82. The number of nitrogens with zero attached hydrogens (tertiary/aromatic N) is 1. The van der Waals surface area contributed by atoms with Crippen LogP contribution in [0.1, 0.15) is 27.6 Å². The fraction of sp³-hybridized carbons (Fsp3) is 0.0667. The highest BCUT2D eigenvalue weighted by Crippen LogP contribution is 2.32. The van der Waals surface area contributed by atoms with E-state index < -0.39 is 5.91 Å². The van der Waals surface area contributed by atoms with E-state index in [9.17, 15) is 14.7 Å². The van der Waals surface area contributed by atoms with Gasteiger partial charge in [0.25, 0.3) is 5.91 Å². The Balaban J connectivity index is 2.59. The van der Waals surface area contributed by atoms with Crippen molar-refractivity contribution in [1.29, 1.82) is 0 Å². The first-order chi connectivity index (χ1) is 9.50. The zero-order valence-corrected chi connectivity index (χ0v) is 10.8. The van der Waals surface area contributed by atoms with Gasteiger partial charge < -0.3 is 15.2 Å². The lowest BCUT2D eigenvalue weighted by atomic mass is 10.1. The van der Waals surface area contributed by atoms with Crippen LogP contribution in [0.2, 0.25) is 0 Å². The number of benzene rings is 1. The van der Waals surface area contributed by atoms with Gasteiger partial charge in [-0.2, -0.15) is 0 Å². The Morgan fingerprint density at radius 1 is 1.25 bits per heavy atom. The molecule has 1 amide bonds. The Bertz CT molecular complexity index is 878. The van der Waals surface area contributed by atoms with Gasteiger partial charge in [0, 0.05) is 17.1 Å². The van der Waals surface area contributed by atoms with Gasteiger partial charge in [-0.05, 0) is 19.1 Å². The summed E-state index contributed by atoms with van der Waals surface area (Å²) in [7, 11) is 0. The minimum absolute atomic E-state index is 0.136. The molecule has 1 aromatic carbocycles. The summed E-state index contributed by atoms with van der Waals surface area (Å²) in [5.74, 6) is -0.919. The van der Waals surface area contributed by atoms with E-state index in [1.165, 1.54) is 13.0 Å². The van der Waals surface area contributed by atoms with E-state index in [1.54, 1.807) is 28.8 Å². The molecule has 3 rings (SSSR count). The predicted octanol–water partition coefficient (Wildman–Crippen LogP) is 2.10. The van der Waals surface area contributed by atoms with Gasteiger partial charge in [0.15, 0.2) is 5.78 Å². The van der Waals surface area contributed by atoms with Crippen molar-refractivity contribution < 1.29 is 14.7 Å². The molecule has 100 valence electrons. The molecule has 5 heteroatoms. The normalized spacial score (nSPS) is 11.1. The average molecular weight is 268 g/mol. The highest BCUT2D eigenvalue weighted by molar-refractivity contribution is 6.14.